The van der Waals surface area contributed by atoms with Crippen LogP contribution >= 0.6 is 0 Å². The minimum atomic E-state index is -4.57. The number of nitrogen functional groups attached to an aromatic ring is 1. The van der Waals surface area contributed by atoms with Crippen LogP contribution in [0.1, 0.15) is 51.9 Å². The summed E-state index contributed by atoms with van der Waals surface area (Å²) in [4.78, 5) is 15.4. The van der Waals surface area contributed by atoms with Crippen LogP contribution < -0.4 is 45.1 Å². The Morgan fingerprint density at radius 1 is 1.06 bits per heavy atom. The molecule has 2 N–H and O–H groups in total. The van der Waals surface area contributed by atoms with Gasteiger partial charge in [-0.25, -0.2) is 4.98 Å². The number of carboxylic acid groups (broad SMARTS) is 1. The number of hydrogen-bond donors (Lipinski definition) is 1. The van der Waals surface area contributed by atoms with E-state index in [0.717, 1.165) is 23.4 Å². The van der Waals surface area contributed by atoms with E-state index in [4.69, 9.17) is 10.5 Å². The number of hydrogen-bond acceptors (Lipinski definition) is 5. The number of rotatable bonds is 6. The number of aromatic nitrogens is 1. The van der Waals surface area contributed by atoms with Crippen LogP contribution in [0.2, 0.25) is 0 Å². The maximum Gasteiger partial charge on any atom is 1.00 e. The SMILES string of the molecule is Nc1cc(C(=O)[O-])cc(C2=C(c3cc(C(F)(F)F)cnc3OCc3ccccc3)CCC2)c1.[Na+]. The fraction of sp³-hybridized carbons (Fsp3) is 0.200. The Morgan fingerprint density at radius 3 is 2.44 bits per heavy atom. The summed E-state index contributed by atoms with van der Waals surface area (Å²) in [5, 5.41) is 11.4. The number of nitrogens with two attached hydrogens (primary N) is 1. The van der Waals surface area contributed by atoms with Gasteiger partial charge in [0.15, 0.2) is 0 Å². The van der Waals surface area contributed by atoms with E-state index in [1.165, 1.54) is 12.1 Å². The number of carbonyl (C=O) groups excluding carboxylic acids is 1. The normalized spacial score (nSPS) is 13.5. The molecule has 0 radical (unpaired) electrons. The second-order valence-corrected chi connectivity index (χ2v) is 7.79. The van der Waals surface area contributed by atoms with E-state index in [0.29, 0.717) is 30.4 Å². The van der Waals surface area contributed by atoms with Crippen LogP contribution in [0.4, 0.5) is 18.9 Å². The molecule has 0 atom stereocenters. The van der Waals surface area contributed by atoms with Crippen LogP contribution in [0, 0.1) is 0 Å². The molecule has 5 nitrogen and oxygen atoms in total. The zero-order chi connectivity index (χ0) is 23.6. The third-order valence-electron chi connectivity index (χ3n) is 5.48. The molecular weight excluding hydrogens is 456 g/mol. The van der Waals surface area contributed by atoms with E-state index < -0.39 is 17.7 Å². The Hall–Kier alpha value is -2.81. The minimum Gasteiger partial charge on any atom is -0.545 e. The van der Waals surface area contributed by atoms with Gasteiger partial charge in [0.25, 0.3) is 0 Å². The molecule has 3 aromatic rings. The second kappa shape index (κ2) is 10.6. The van der Waals surface area contributed by atoms with Gasteiger partial charge in [-0.3, -0.25) is 0 Å². The largest absolute Gasteiger partial charge is 1.00 e. The van der Waals surface area contributed by atoms with Gasteiger partial charge in [-0.15, -0.1) is 0 Å². The number of allylic oxidation sites excluding steroid dienone is 2. The van der Waals surface area contributed by atoms with Gasteiger partial charge in [-0.05, 0) is 71.4 Å². The molecule has 0 saturated carbocycles. The van der Waals surface area contributed by atoms with E-state index in [1.54, 1.807) is 6.07 Å². The number of ether oxygens (including phenoxy) is 1. The third kappa shape index (κ3) is 5.81. The van der Waals surface area contributed by atoms with Crippen LogP contribution in [0.15, 0.2) is 60.8 Å². The topological polar surface area (TPSA) is 88.3 Å². The Labute approximate surface area is 216 Å². The number of halogens is 3. The van der Waals surface area contributed by atoms with Crippen molar-refractivity contribution < 1.29 is 57.4 Å². The van der Waals surface area contributed by atoms with Gasteiger partial charge in [0.05, 0.1) is 11.5 Å². The summed E-state index contributed by atoms with van der Waals surface area (Å²) in [7, 11) is 0. The van der Waals surface area contributed by atoms with Crippen molar-refractivity contribution in [2.45, 2.75) is 32.0 Å². The number of carbonyl (C=O) groups is 1. The summed E-state index contributed by atoms with van der Waals surface area (Å²) in [6, 6.07) is 14.6. The minimum absolute atomic E-state index is 0. The van der Waals surface area contributed by atoms with Crippen molar-refractivity contribution in [2.75, 3.05) is 5.73 Å². The van der Waals surface area contributed by atoms with E-state index in [1.807, 2.05) is 30.3 Å². The van der Waals surface area contributed by atoms with Crippen molar-refractivity contribution in [3.63, 3.8) is 0 Å². The monoisotopic (exact) mass is 476 g/mol. The number of alkyl halides is 3. The first-order valence-electron chi connectivity index (χ1n) is 10.3. The second-order valence-electron chi connectivity index (χ2n) is 7.79. The number of nitrogens with zero attached hydrogens (tertiary/aromatic N) is 1. The van der Waals surface area contributed by atoms with Crippen LogP contribution in [-0.4, -0.2) is 11.0 Å². The number of benzene rings is 2. The van der Waals surface area contributed by atoms with Crippen LogP contribution in [0.3, 0.4) is 0 Å². The molecule has 0 aliphatic heterocycles. The number of anilines is 1. The molecule has 0 amide bonds. The number of carboxylic acids is 1. The van der Waals surface area contributed by atoms with Gasteiger partial charge in [0, 0.05) is 17.4 Å². The average Bonchev–Trinajstić information content (AvgIpc) is 3.27. The maximum absolute atomic E-state index is 13.5. The van der Waals surface area contributed by atoms with E-state index in [2.05, 4.69) is 4.98 Å². The number of aromatic carboxylic acids is 1. The molecule has 0 bridgehead atoms. The molecule has 170 valence electrons. The molecule has 1 heterocycles. The first-order valence-corrected chi connectivity index (χ1v) is 10.3. The van der Waals surface area contributed by atoms with Gasteiger partial charge in [0.1, 0.15) is 6.61 Å². The predicted octanol–water partition coefficient (Wildman–Crippen LogP) is 1.72. The molecule has 1 aliphatic carbocycles. The molecule has 4 rings (SSSR count). The van der Waals surface area contributed by atoms with Crippen molar-refractivity contribution in [3.8, 4) is 5.88 Å². The van der Waals surface area contributed by atoms with Gasteiger partial charge in [0.2, 0.25) is 5.88 Å². The molecule has 0 saturated heterocycles. The predicted molar refractivity (Wildman–Crippen MR) is 116 cm³/mol. The van der Waals surface area contributed by atoms with Gasteiger partial charge >= 0.3 is 35.7 Å². The quantitative estimate of drug-likeness (QED) is 0.433. The van der Waals surface area contributed by atoms with Gasteiger partial charge in [-0.1, -0.05) is 30.3 Å². The Bertz CT molecular complexity index is 1230. The van der Waals surface area contributed by atoms with Crippen molar-refractivity contribution in [1.82, 2.24) is 4.98 Å². The molecule has 34 heavy (non-hydrogen) atoms. The van der Waals surface area contributed by atoms with Crippen LogP contribution in [-0.2, 0) is 12.8 Å². The average molecular weight is 476 g/mol. The standard InChI is InChI=1S/C25H21F3N2O3.Na/c26-25(27,28)18-12-22(23(30-13-18)33-14-15-5-2-1-3-6-15)21-8-4-7-20(21)16-9-17(24(31)32)11-19(29)10-16;/h1-3,5-6,9-13H,4,7-8,14,29H2,(H,31,32);/q;+1/p-1. The summed E-state index contributed by atoms with van der Waals surface area (Å²) in [5.41, 5.74) is 8.10. The van der Waals surface area contributed by atoms with Crippen molar-refractivity contribution in [2.24, 2.45) is 0 Å². The molecule has 0 unspecified atom stereocenters. The maximum atomic E-state index is 13.5. The zero-order valence-electron chi connectivity index (χ0n) is 18.5. The molecule has 2 aromatic carbocycles. The Kier molecular flexibility index (Phi) is 8.07. The van der Waals surface area contributed by atoms with Crippen molar-refractivity contribution in [1.29, 1.82) is 0 Å². The van der Waals surface area contributed by atoms with Crippen molar-refractivity contribution in [3.05, 3.63) is 88.6 Å². The fourth-order valence-electron chi connectivity index (χ4n) is 3.97. The fourth-order valence-corrected chi connectivity index (χ4v) is 3.97. The van der Waals surface area contributed by atoms with Gasteiger partial charge in [-0.2, -0.15) is 13.2 Å². The molecule has 0 fully saturated rings. The number of pyridine rings is 1. The first kappa shape index (κ1) is 25.8. The smallest absolute Gasteiger partial charge is 0.545 e. The molecule has 9 heteroatoms. The zero-order valence-corrected chi connectivity index (χ0v) is 20.5. The van der Waals surface area contributed by atoms with Crippen molar-refractivity contribution >= 4 is 22.8 Å². The van der Waals surface area contributed by atoms with Crippen LogP contribution in [0.5, 0.6) is 5.88 Å². The molecule has 0 spiro atoms. The summed E-state index contributed by atoms with van der Waals surface area (Å²) in [5.74, 6) is -1.29. The van der Waals surface area contributed by atoms with E-state index in [9.17, 15) is 23.1 Å². The van der Waals surface area contributed by atoms with Crippen LogP contribution in [0.25, 0.3) is 11.1 Å². The molecule has 1 aromatic heterocycles. The summed E-state index contributed by atoms with van der Waals surface area (Å²) >= 11 is 0. The Balaban J connectivity index is 0.00000324. The van der Waals surface area contributed by atoms with E-state index >= 15 is 0 Å². The van der Waals surface area contributed by atoms with E-state index in [-0.39, 0.29) is 58.9 Å². The molecular formula is C25H20F3N2NaO3. The Morgan fingerprint density at radius 2 is 1.76 bits per heavy atom. The third-order valence-corrected chi connectivity index (χ3v) is 5.48. The molecule has 1 aliphatic rings. The summed E-state index contributed by atoms with van der Waals surface area (Å²) in [6.45, 7) is 0.141. The summed E-state index contributed by atoms with van der Waals surface area (Å²) in [6.07, 6.45) is -2.07. The summed E-state index contributed by atoms with van der Waals surface area (Å²) < 4.78 is 46.2. The first-order chi connectivity index (χ1) is 15.7. The van der Waals surface area contributed by atoms with Gasteiger partial charge < -0.3 is 20.4 Å².